The first kappa shape index (κ1) is 11.7. The molecule has 2 aromatic rings. The van der Waals surface area contributed by atoms with Gasteiger partial charge in [-0.15, -0.1) is 0 Å². The molecule has 0 bridgehead atoms. The fraction of sp³-hybridized carbons (Fsp3) is 0.500. The van der Waals surface area contributed by atoms with Crippen LogP contribution in [0.3, 0.4) is 0 Å². The maximum Gasteiger partial charge on any atom is 0.0827 e. The first-order valence-electron chi connectivity index (χ1n) is 5.87. The van der Waals surface area contributed by atoms with Crippen LogP contribution in [0.25, 0.3) is 0 Å². The molecule has 0 spiro atoms. The Bertz CT molecular complexity index is 509. The third kappa shape index (κ3) is 2.33. The SMILES string of the molecule is CCn1cc(CNc2c(C)nn(C)c2C)cn1. The first-order valence-corrected chi connectivity index (χ1v) is 5.87. The fourth-order valence-corrected chi connectivity index (χ4v) is 1.89. The zero-order chi connectivity index (χ0) is 12.4. The predicted molar refractivity (Wildman–Crippen MR) is 67.9 cm³/mol. The van der Waals surface area contributed by atoms with Gasteiger partial charge in [-0.3, -0.25) is 9.36 Å². The summed E-state index contributed by atoms with van der Waals surface area (Å²) in [5, 5.41) is 12.0. The lowest BCUT2D eigenvalue weighted by Crippen LogP contribution is -2.01. The smallest absolute Gasteiger partial charge is 0.0827 e. The summed E-state index contributed by atoms with van der Waals surface area (Å²) in [5.41, 5.74) is 4.50. The summed E-state index contributed by atoms with van der Waals surface area (Å²) in [5.74, 6) is 0. The lowest BCUT2D eigenvalue weighted by Gasteiger charge is -2.04. The Morgan fingerprint density at radius 1 is 1.35 bits per heavy atom. The van der Waals surface area contributed by atoms with Crippen LogP contribution >= 0.6 is 0 Å². The number of nitrogens with one attached hydrogen (secondary N) is 1. The van der Waals surface area contributed by atoms with Gasteiger partial charge in [-0.2, -0.15) is 10.2 Å². The summed E-state index contributed by atoms with van der Waals surface area (Å²) in [7, 11) is 1.96. The topological polar surface area (TPSA) is 47.7 Å². The van der Waals surface area contributed by atoms with Gasteiger partial charge in [0.2, 0.25) is 0 Å². The molecule has 0 radical (unpaired) electrons. The standard InChI is InChI=1S/C12H19N5/c1-5-17-8-11(7-14-17)6-13-12-9(2)15-16(4)10(12)3/h7-8,13H,5-6H2,1-4H3. The van der Waals surface area contributed by atoms with E-state index in [0.29, 0.717) is 0 Å². The molecule has 17 heavy (non-hydrogen) atoms. The highest BCUT2D eigenvalue weighted by Crippen LogP contribution is 2.19. The minimum atomic E-state index is 0.785. The van der Waals surface area contributed by atoms with Gasteiger partial charge in [-0.05, 0) is 20.8 Å². The van der Waals surface area contributed by atoms with Crippen molar-refractivity contribution in [2.45, 2.75) is 33.9 Å². The molecular weight excluding hydrogens is 214 g/mol. The molecule has 1 N–H and O–H groups in total. The van der Waals surface area contributed by atoms with E-state index in [9.17, 15) is 0 Å². The minimum absolute atomic E-state index is 0.785. The van der Waals surface area contributed by atoms with Gasteiger partial charge in [0.05, 0.1) is 23.3 Å². The summed E-state index contributed by atoms with van der Waals surface area (Å²) < 4.78 is 3.83. The van der Waals surface area contributed by atoms with Gasteiger partial charge in [0.1, 0.15) is 0 Å². The molecule has 2 aromatic heterocycles. The molecule has 0 fully saturated rings. The number of hydrogen-bond acceptors (Lipinski definition) is 3. The van der Waals surface area contributed by atoms with Crippen LogP contribution in [0.2, 0.25) is 0 Å². The second-order valence-electron chi connectivity index (χ2n) is 4.23. The van der Waals surface area contributed by atoms with Gasteiger partial charge in [-0.25, -0.2) is 0 Å². The maximum absolute atomic E-state index is 4.38. The van der Waals surface area contributed by atoms with E-state index < -0.39 is 0 Å². The molecular formula is C12H19N5. The normalized spacial score (nSPS) is 10.8. The van der Waals surface area contributed by atoms with Crippen molar-refractivity contribution < 1.29 is 0 Å². The van der Waals surface area contributed by atoms with Crippen molar-refractivity contribution in [1.29, 1.82) is 0 Å². The molecule has 2 heterocycles. The van der Waals surface area contributed by atoms with Crippen LogP contribution in [-0.2, 0) is 20.1 Å². The highest BCUT2D eigenvalue weighted by molar-refractivity contribution is 5.52. The molecule has 0 aromatic carbocycles. The number of anilines is 1. The van der Waals surface area contributed by atoms with E-state index in [-0.39, 0.29) is 0 Å². The molecule has 0 atom stereocenters. The van der Waals surface area contributed by atoms with Gasteiger partial charge in [0.25, 0.3) is 0 Å². The number of aromatic nitrogens is 4. The Morgan fingerprint density at radius 3 is 2.65 bits per heavy atom. The van der Waals surface area contributed by atoms with E-state index in [0.717, 1.165) is 30.2 Å². The van der Waals surface area contributed by atoms with Crippen LogP contribution in [-0.4, -0.2) is 19.6 Å². The van der Waals surface area contributed by atoms with Crippen molar-refractivity contribution >= 4 is 5.69 Å². The van der Waals surface area contributed by atoms with Crippen molar-refractivity contribution in [3.05, 3.63) is 29.3 Å². The summed E-state index contributed by atoms with van der Waals surface area (Å²) >= 11 is 0. The molecule has 5 heteroatoms. The lowest BCUT2D eigenvalue weighted by molar-refractivity contribution is 0.659. The monoisotopic (exact) mass is 233 g/mol. The Kier molecular flexibility index (Phi) is 3.17. The van der Waals surface area contributed by atoms with E-state index >= 15 is 0 Å². The van der Waals surface area contributed by atoms with Crippen molar-refractivity contribution in [2.24, 2.45) is 7.05 Å². The maximum atomic E-state index is 4.38. The third-order valence-corrected chi connectivity index (χ3v) is 2.99. The molecule has 92 valence electrons. The second-order valence-corrected chi connectivity index (χ2v) is 4.23. The average molecular weight is 233 g/mol. The number of nitrogens with zero attached hydrogens (tertiary/aromatic N) is 4. The van der Waals surface area contributed by atoms with Gasteiger partial charge in [0, 0.05) is 31.9 Å². The molecule has 2 rings (SSSR count). The summed E-state index contributed by atoms with van der Waals surface area (Å²) in [6.07, 6.45) is 3.96. The molecule has 0 aliphatic heterocycles. The van der Waals surface area contributed by atoms with Crippen molar-refractivity contribution in [1.82, 2.24) is 19.6 Å². The van der Waals surface area contributed by atoms with Crippen LogP contribution < -0.4 is 5.32 Å². The lowest BCUT2D eigenvalue weighted by atomic mass is 10.3. The van der Waals surface area contributed by atoms with Gasteiger partial charge in [-0.1, -0.05) is 0 Å². The Morgan fingerprint density at radius 2 is 2.12 bits per heavy atom. The summed E-state index contributed by atoms with van der Waals surface area (Å²) in [6, 6.07) is 0. The highest BCUT2D eigenvalue weighted by Gasteiger charge is 2.08. The summed E-state index contributed by atoms with van der Waals surface area (Å²) in [6.45, 7) is 7.86. The Labute approximate surface area is 101 Å². The largest absolute Gasteiger partial charge is 0.378 e. The highest BCUT2D eigenvalue weighted by atomic mass is 15.3. The average Bonchev–Trinajstić information content (AvgIpc) is 2.84. The second kappa shape index (κ2) is 4.61. The summed E-state index contributed by atoms with van der Waals surface area (Å²) in [4.78, 5) is 0. The molecule has 0 aliphatic carbocycles. The Hall–Kier alpha value is -1.78. The number of aryl methyl sites for hydroxylation is 3. The van der Waals surface area contributed by atoms with E-state index in [4.69, 9.17) is 0 Å². The minimum Gasteiger partial charge on any atom is -0.378 e. The molecule has 0 saturated heterocycles. The van der Waals surface area contributed by atoms with Crippen molar-refractivity contribution in [2.75, 3.05) is 5.32 Å². The first-order chi connectivity index (χ1) is 8.11. The van der Waals surface area contributed by atoms with Crippen LogP contribution in [0.1, 0.15) is 23.9 Å². The van der Waals surface area contributed by atoms with Crippen LogP contribution in [0, 0.1) is 13.8 Å². The molecule has 0 saturated carbocycles. The van der Waals surface area contributed by atoms with Gasteiger partial charge < -0.3 is 5.32 Å². The van der Waals surface area contributed by atoms with Gasteiger partial charge in [0.15, 0.2) is 0 Å². The Balaban J connectivity index is 2.07. The van der Waals surface area contributed by atoms with Crippen molar-refractivity contribution in [3.63, 3.8) is 0 Å². The number of rotatable bonds is 4. The predicted octanol–water partition coefficient (Wildman–Crippen LogP) is 1.87. The van der Waals surface area contributed by atoms with E-state index in [1.54, 1.807) is 0 Å². The van der Waals surface area contributed by atoms with Gasteiger partial charge >= 0.3 is 0 Å². The third-order valence-electron chi connectivity index (χ3n) is 2.99. The van der Waals surface area contributed by atoms with Crippen LogP contribution in [0.15, 0.2) is 12.4 Å². The van der Waals surface area contributed by atoms with Crippen molar-refractivity contribution in [3.8, 4) is 0 Å². The zero-order valence-corrected chi connectivity index (χ0v) is 10.9. The van der Waals surface area contributed by atoms with E-state index in [1.165, 1.54) is 5.56 Å². The van der Waals surface area contributed by atoms with Crippen LogP contribution in [0.4, 0.5) is 5.69 Å². The zero-order valence-electron chi connectivity index (χ0n) is 10.9. The molecule has 0 amide bonds. The molecule has 5 nitrogen and oxygen atoms in total. The number of hydrogen-bond donors (Lipinski definition) is 1. The quantitative estimate of drug-likeness (QED) is 0.877. The molecule has 0 aliphatic rings. The van der Waals surface area contributed by atoms with Crippen LogP contribution in [0.5, 0.6) is 0 Å². The van der Waals surface area contributed by atoms with E-state index in [2.05, 4.69) is 35.6 Å². The van der Waals surface area contributed by atoms with E-state index in [1.807, 2.05) is 29.5 Å². The molecule has 0 unspecified atom stereocenters. The fourth-order valence-electron chi connectivity index (χ4n) is 1.89.